The van der Waals surface area contributed by atoms with Gasteiger partial charge in [0.15, 0.2) is 0 Å². The molecule has 0 spiro atoms. The average Bonchev–Trinajstić information content (AvgIpc) is 2.35. The molecule has 0 heterocycles. The molecule has 1 amide bonds. The smallest absolute Gasteiger partial charge is 0.383 e. The predicted octanol–water partition coefficient (Wildman–Crippen LogP) is 3.61. The Kier molecular flexibility index (Phi) is 6.47. The van der Waals surface area contributed by atoms with Crippen molar-refractivity contribution in [3.05, 3.63) is 33.8 Å². The summed E-state index contributed by atoms with van der Waals surface area (Å²) in [5, 5.41) is 2.53. The summed E-state index contributed by atoms with van der Waals surface area (Å²) in [6.07, 6.45) is -4.51. The standard InChI is InChI=1S/C12H12Br2F3NO2/c1-20-6-8(13)5-18-11(19)7-2-3-10(14)9(4-7)12(15,16)17/h2-4,8H,5-6H2,1H3,(H,18,19). The number of alkyl halides is 4. The fraction of sp³-hybridized carbons (Fsp3) is 0.417. The van der Waals surface area contributed by atoms with Gasteiger partial charge in [-0.15, -0.1) is 0 Å². The van der Waals surface area contributed by atoms with Crippen LogP contribution < -0.4 is 5.32 Å². The molecule has 0 aliphatic carbocycles. The van der Waals surface area contributed by atoms with E-state index in [0.29, 0.717) is 6.61 Å². The second-order valence-electron chi connectivity index (χ2n) is 3.96. The number of ether oxygens (including phenoxy) is 1. The third kappa shape index (κ3) is 5.06. The Labute approximate surface area is 131 Å². The van der Waals surface area contributed by atoms with Gasteiger partial charge in [-0.1, -0.05) is 31.9 Å². The highest BCUT2D eigenvalue weighted by Gasteiger charge is 2.33. The van der Waals surface area contributed by atoms with Gasteiger partial charge in [0.25, 0.3) is 5.91 Å². The first kappa shape index (κ1) is 17.5. The zero-order chi connectivity index (χ0) is 15.3. The number of rotatable bonds is 5. The molecule has 3 nitrogen and oxygen atoms in total. The van der Waals surface area contributed by atoms with Gasteiger partial charge in [-0.3, -0.25) is 4.79 Å². The van der Waals surface area contributed by atoms with Gasteiger partial charge < -0.3 is 10.1 Å². The minimum Gasteiger partial charge on any atom is -0.383 e. The molecule has 0 fully saturated rings. The van der Waals surface area contributed by atoms with Crippen molar-refractivity contribution in [2.24, 2.45) is 0 Å². The van der Waals surface area contributed by atoms with E-state index in [1.54, 1.807) is 0 Å². The molecule has 1 unspecified atom stereocenters. The zero-order valence-electron chi connectivity index (χ0n) is 10.4. The van der Waals surface area contributed by atoms with E-state index in [-0.39, 0.29) is 21.4 Å². The van der Waals surface area contributed by atoms with Crippen molar-refractivity contribution in [1.29, 1.82) is 0 Å². The van der Waals surface area contributed by atoms with Crippen molar-refractivity contribution < 1.29 is 22.7 Å². The zero-order valence-corrected chi connectivity index (χ0v) is 13.6. The van der Waals surface area contributed by atoms with Crippen molar-refractivity contribution in [3.63, 3.8) is 0 Å². The van der Waals surface area contributed by atoms with Crippen molar-refractivity contribution >= 4 is 37.8 Å². The first-order valence-electron chi connectivity index (χ1n) is 5.53. The van der Waals surface area contributed by atoms with E-state index in [1.165, 1.54) is 19.2 Å². The lowest BCUT2D eigenvalue weighted by Crippen LogP contribution is -2.31. The number of amides is 1. The third-order valence-electron chi connectivity index (χ3n) is 2.37. The molecule has 0 saturated heterocycles. The number of hydrogen-bond acceptors (Lipinski definition) is 2. The first-order chi connectivity index (χ1) is 9.25. The molecule has 8 heteroatoms. The quantitative estimate of drug-likeness (QED) is 0.742. The SMILES string of the molecule is COCC(Br)CNC(=O)c1ccc(Br)c(C(F)(F)F)c1. The summed E-state index contributed by atoms with van der Waals surface area (Å²) in [7, 11) is 1.51. The molecule has 0 aliphatic rings. The summed E-state index contributed by atoms with van der Waals surface area (Å²) < 4.78 is 42.9. The molecule has 0 aromatic heterocycles. The fourth-order valence-electron chi connectivity index (χ4n) is 1.43. The van der Waals surface area contributed by atoms with Crippen LogP contribution in [0.5, 0.6) is 0 Å². The van der Waals surface area contributed by atoms with Gasteiger partial charge in [0.1, 0.15) is 0 Å². The van der Waals surface area contributed by atoms with Crippen molar-refractivity contribution in [2.45, 2.75) is 11.0 Å². The number of carbonyl (C=O) groups excluding carboxylic acids is 1. The Morgan fingerprint density at radius 1 is 1.45 bits per heavy atom. The van der Waals surface area contributed by atoms with Crippen LogP contribution in [-0.4, -0.2) is 31.0 Å². The maximum absolute atomic E-state index is 12.7. The van der Waals surface area contributed by atoms with E-state index >= 15 is 0 Å². The molecule has 1 aromatic rings. The Morgan fingerprint density at radius 3 is 2.65 bits per heavy atom. The first-order valence-corrected chi connectivity index (χ1v) is 7.24. The molecular weight excluding hydrogens is 407 g/mol. The minimum atomic E-state index is -4.51. The van der Waals surface area contributed by atoms with Gasteiger partial charge in [-0.2, -0.15) is 13.2 Å². The molecule has 112 valence electrons. The Balaban J connectivity index is 2.79. The van der Waals surface area contributed by atoms with Crippen LogP contribution in [0.1, 0.15) is 15.9 Å². The molecule has 1 rings (SSSR count). The molecule has 0 bridgehead atoms. The number of methoxy groups -OCH3 is 1. The van der Waals surface area contributed by atoms with Gasteiger partial charge in [-0.25, -0.2) is 0 Å². The van der Waals surface area contributed by atoms with Crippen molar-refractivity contribution in [2.75, 3.05) is 20.3 Å². The Hall–Kier alpha value is -0.600. The predicted molar refractivity (Wildman–Crippen MR) is 76.1 cm³/mol. The topological polar surface area (TPSA) is 38.3 Å². The van der Waals surface area contributed by atoms with E-state index in [2.05, 4.69) is 37.2 Å². The second kappa shape index (κ2) is 7.42. The Bertz CT molecular complexity index is 480. The number of nitrogens with one attached hydrogen (secondary N) is 1. The minimum absolute atomic E-state index is 0.0439. The summed E-state index contributed by atoms with van der Waals surface area (Å²) >= 11 is 6.09. The van der Waals surface area contributed by atoms with E-state index in [0.717, 1.165) is 6.07 Å². The van der Waals surface area contributed by atoms with Gasteiger partial charge in [0, 0.05) is 23.7 Å². The molecule has 1 atom stereocenters. The van der Waals surface area contributed by atoms with Gasteiger partial charge in [0.2, 0.25) is 0 Å². The molecule has 1 aromatic carbocycles. The lowest BCUT2D eigenvalue weighted by molar-refractivity contribution is -0.138. The highest BCUT2D eigenvalue weighted by molar-refractivity contribution is 9.10. The van der Waals surface area contributed by atoms with Crippen molar-refractivity contribution in [3.8, 4) is 0 Å². The van der Waals surface area contributed by atoms with Crippen LogP contribution in [-0.2, 0) is 10.9 Å². The summed E-state index contributed by atoms with van der Waals surface area (Å²) in [5.41, 5.74) is -0.921. The van der Waals surface area contributed by atoms with E-state index < -0.39 is 17.6 Å². The van der Waals surface area contributed by atoms with Crippen LogP contribution in [0.4, 0.5) is 13.2 Å². The molecule has 0 aliphatic heterocycles. The average molecular weight is 419 g/mol. The number of halogens is 5. The van der Waals surface area contributed by atoms with Crippen LogP contribution >= 0.6 is 31.9 Å². The van der Waals surface area contributed by atoms with Crippen molar-refractivity contribution in [1.82, 2.24) is 5.32 Å². The van der Waals surface area contributed by atoms with E-state index in [4.69, 9.17) is 4.74 Å². The lowest BCUT2D eigenvalue weighted by Gasteiger charge is -2.13. The number of benzene rings is 1. The van der Waals surface area contributed by atoms with Crippen LogP contribution in [0.2, 0.25) is 0 Å². The van der Waals surface area contributed by atoms with Gasteiger partial charge >= 0.3 is 6.18 Å². The molecule has 20 heavy (non-hydrogen) atoms. The summed E-state index contributed by atoms with van der Waals surface area (Å²) in [6, 6.07) is 3.35. The molecule has 0 radical (unpaired) electrons. The summed E-state index contributed by atoms with van der Waals surface area (Å²) in [6.45, 7) is 0.637. The van der Waals surface area contributed by atoms with Crippen LogP contribution in [0, 0.1) is 0 Å². The molecule has 0 saturated carbocycles. The number of carbonyl (C=O) groups is 1. The molecular formula is C12H12Br2F3NO2. The summed E-state index contributed by atoms with van der Waals surface area (Å²) in [4.78, 5) is 11.7. The fourth-order valence-corrected chi connectivity index (χ4v) is 2.33. The second-order valence-corrected chi connectivity index (χ2v) is 6.10. The van der Waals surface area contributed by atoms with Crippen LogP contribution in [0.25, 0.3) is 0 Å². The maximum atomic E-state index is 12.7. The highest BCUT2D eigenvalue weighted by Crippen LogP contribution is 2.35. The normalized spacial score (nSPS) is 13.1. The number of hydrogen-bond donors (Lipinski definition) is 1. The lowest BCUT2D eigenvalue weighted by atomic mass is 10.1. The van der Waals surface area contributed by atoms with Crippen LogP contribution in [0.3, 0.4) is 0 Å². The third-order valence-corrected chi connectivity index (χ3v) is 3.65. The van der Waals surface area contributed by atoms with Gasteiger partial charge in [0.05, 0.1) is 17.0 Å². The van der Waals surface area contributed by atoms with Gasteiger partial charge in [-0.05, 0) is 18.2 Å². The summed E-state index contributed by atoms with van der Waals surface area (Å²) in [5.74, 6) is -0.566. The highest BCUT2D eigenvalue weighted by atomic mass is 79.9. The monoisotopic (exact) mass is 417 g/mol. The molecule has 1 N–H and O–H groups in total. The Morgan fingerprint density at radius 2 is 2.10 bits per heavy atom. The largest absolute Gasteiger partial charge is 0.417 e. The van der Waals surface area contributed by atoms with E-state index in [9.17, 15) is 18.0 Å². The van der Waals surface area contributed by atoms with Crippen LogP contribution in [0.15, 0.2) is 22.7 Å². The maximum Gasteiger partial charge on any atom is 0.417 e. The van der Waals surface area contributed by atoms with E-state index in [1.807, 2.05) is 0 Å².